The molecule has 0 spiro atoms. The molecule has 1 fully saturated rings. The molecular formula is C13H19NS. The average molecular weight is 221 g/mol. The second-order valence-corrected chi connectivity index (χ2v) is 5.71. The number of aryl methyl sites for hydroxylation is 1. The van der Waals surface area contributed by atoms with E-state index >= 15 is 0 Å². The van der Waals surface area contributed by atoms with Crippen LogP contribution in [0.2, 0.25) is 0 Å². The Kier molecular flexibility index (Phi) is 3.57. The molecule has 0 atom stereocenters. The van der Waals surface area contributed by atoms with Crippen LogP contribution < -0.4 is 5.73 Å². The molecule has 1 aliphatic carbocycles. The lowest BCUT2D eigenvalue weighted by atomic mass is 10.0. The van der Waals surface area contributed by atoms with Gasteiger partial charge >= 0.3 is 0 Å². The summed E-state index contributed by atoms with van der Waals surface area (Å²) in [5.74, 6) is 0. The van der Waals surface area contributed by atoms with Crippen LogP contribution in [0.25, 0.3) is 0 Å². The minimum atomic E-state index is 0.794. The molecule has 0 amide bonds. The van der Waals surface area contributed by atoms with Crippen LogP contribution in [0.4, 0.5) is 5.69 Å². The number of rotatable bonds is 2. The zero-order valence-corrected chi connectivity index (χ0v) is 10.1. The first-order valence-corrected chi connectivity index (χ1v) is 6.67. The van der Waals surface area contributed by atoms with Gasteiger partial charge in [0.15, 0.2) is 0 Å². The van der Waals surface area contributed by atoms with Gasteiger partial charge in [0.1, 0.15) is 0 Å². The van der Waals surface area contributed by atoms with Crippen molar-refractivity contribution in [2.24, 2.45) is 0 Å². The fourth-order valence-electron chi connectivity index (χ4n) is 2.12. The molecule has 2 heteroatoms. The highest BCUT2D eigenvalue weighted by atomic mass is 32.2. The highest BCUT2D eigenvalue weighted by Crippen LogP contribution is 2.36. The number of nitrogen functional groups attached to an aromatic ring is 1. The van der Waals surface area contributed by atoms with Gasteiger partial charge in [0.25, 0.3) is 0 Å². The summed E-state index contributed by atoms with van der Waals surface area (Å²) in [6, 6.07) is 6.35. The van der Waals surface area contributed by atoms with Crippen molar-refractivity contribution in [2.45, 2.75) is 49.2 Å². The quantitative estimate of drug-likeness (QED) is 0.764. The third kappa shape index (κ3) is 2.69. The molecule has 0 heterocycles. The van der Waals surface area contributed by atoms with E-state index in [0.29, 0.717) is 0 Å². The van der Waals surface area contributed by atoms with E-state index in [4.69, 9.17) is 5.73 Å². The zero-order chi connectivity index (χ0) is 10.7. The third-order valence-electron chi connectivity index (χ3n) is 3.13. The van der Waals surface area contributed by atoms with Gasteiger partial charge in [-0.15, -0.1) is 11.8 Å². The number of thioether (sulfide) groups is 1. The first kappa shape index (κ1) is 10.9. The molecule has 0 unspecified atom stereocenters. The van der Waals surface area contributed by atoms with Gasteiger partial charge in [-0.3, -0.25) is 0 Å². The van der Waals surface area contributed by atoms with E-state index in [1.807, 2.05) is 11.8 Å². The molecular weight excluding hydrogens is 202 g/mol. The standard InChI is InChI=1S/C13H19NS/c1-10-6-5-9-12(13(10)14)15-11-7-3-2-4-8-11/h5-6,9,11H,2-4,7-8,14H2,1H3. The summed E-state index contributed by atoms with van der Waals surface area (Å²) in [5, 5.41) is 0.794. The molecule has 2 rings (SSSR count). The van der Waals surface area contributed by atoms with Crippen molar-refractivity contribution >= 4 is 17.4 Å². The highest BCUT2D eigenvalue weighted by Gasteiger charge is 2.15. The van der Waals surface area contributed by atoms with Crippen molar-refractivity contribution in [1.82, 2.24) is 0 Å². The fraction of sp³-hybridized carbons (Fsp3) is 0.538. The Morgan fingerprint density at radius 1 is 1.20 bits per heavy atom. The van der Waals surface area contributed by atoms with E-state index in [1.54, 1.807) is 0 Å². The molecule has 0 aromatic heterocycles. The number of hydrogen-bond acceptors (Lipinski definition) is 2. The number of para-hydroxylation sites is 1. The molecule has 82 valence electrons. The lowest BCUT2D eigenvalue weighted by molar-refractivity contribution is 0.516. The van der Waals surface area contributed by atoms with Crippen molar-refractivity contribution in [3.8, 4) is 0 Å². The van der Waals surface area contributed by atoms with E-state index < -0.39 is 0 Å². The summed E-state index contributed by atoms with van der Waals surface area (Å²) < 4.78 is 0. The number of benzene rings is 1. The Bertz CT molecular complexity index is 329. The van der Waals surface area contributed by atoms with Gasteiger partial charge in [0.05, 0.1) is 0 Å². The van der Waals surface area contributed by atoms with Crippen LogP contribution in [-0.4, -0.2) is 5.25 Å². The van der Waals surface area contributed by atoms with Gasteiger partial charge in [-0.2, -0.15) is 0 Å². The Hall–Kier alpha value is -0.630. The second kappa shape index (κ2) is 4.93. The van der Waals surface area contributed by atoms with E-state index in [9.17, 15) is 0 Å². The molecule has 1 aromatic rings. The monoisotopic (exact) mass is 221 g/mol. The van der Waals surface area contributed by atoms with Crippen molar-refractivity contribution in [3.63, 3.8) is 0 Å². The lowest BCUT2D eigenvalue weighted by Gasteiger charge is -2.21. The van der Waals surface area contributed by atoms with Crippen LogP contribution in [0.3, 0.4) is 0 Å². The second-order valence-electron chi connectivity index (χ2n) is 4.36. The first-order chi connectivity index (χ1) is 7.27. The van der Waals surface area contributed by atoms with E-state index in [1.165, 1.54) is 42.6 Å². The van der Waals surface area contributed by atoms with Crippen LogP contribution in [0.15, 0.2) is 23.1 Å². The molecule has 1 aliphatic rings. The lowest BCUT2D eigenvalue weighted by Crippen LogP contribution is -2.08. The van der Waals surface area contributed by atoms with Crippen LogP contribution in [0.5, 0.6) is 0 Å². The first-order valence-electron chi connectivity index (χ1n) is 5.79. The summed E-state index contributed by atoms with van der Waals surface area (Å²) in [6.07, 6.45) is 6.92. The van der Waals surface area contributed by atoms with E-state index in [2.05, 4.69) is 25.1 Å². The SMILES string of the molecule is Cc1cccc(SC2CCCCC2)c1N. The molecule has 1 saturated carbocycles. The molecule has 15 heavy (non-hydrogen) atoms. The molecule has 0 bridgehead atoms. The molecule has 0 saturated heterocycles. The van der Waals surface area contributed by atoms with Gasteiger partial charge in [0, 0.05) is 15.8 Å². The van der Waals surface area contributed by atoms with Crippen molar-refractivity contribution < 1.29 is 0 Å². The summed E-state index contributed by atoms with van der Waals surface area (Å²) in [4.78, 5) is 1.28. The van der Waals surface area contributed by atoms with Crippen LogP contribution in [-0.2, 0) is 0 Å². The Balaban J connectivity index is 2.06. The van der Waals surface area contributed by atoms with Gasteiger partial charge in [-0.05, 0) is 31.4 Å². The normalized spacial score (nSPS) is 17.9. The van der Waals surface area contributed by atoms with Crippen LogP contribution in [0, 0.1) is 6.92 Å². The molecule has 2 N–H and O–H groups in total. The van der Waals surface area contributed by atoms with Gasteiger partial charge < -0.3 is 5.73 Å². The van der Waals surface area contributed by atoms with Gasteiger partial charge in [-0.1, -0.05) is 31.4 Å². The fourth-order valence-corrected chi connectivity index (χ4v) is 3.49. The summed E-state index contributed by atoms with van der Waals surface area (Å²) in [5.41, 5.74) is 8.26. The predicted octanol–water partition coefficient (Wildman–Crippen LogP) is 4.00. The van der Waals surface area contributed by atoms with Crippen LogP contribution in [0.1, 0.15) is 37.7 Å². The van der Waals surface area contributed by atoms with Gasteiger partial charge in [0.2, 0.25) is 0 Å². The topological polar surface area (TPSA) is 26.0 Å². The van der Waals surface area contributed by atoms with Crippen molar-refractivity contribution in [2.75, 3.05) is 5.73 Å². The van der Waals surface area contributed by atoms with E-state index in [-0.39, 0.29) is 0 Å². The number of anilines is 1. The highest BCUT2D eigenvalue weighted by molar-refractivity contribution is 8.00. The largest absolute Gasteiger partial charge is 0.398 e. The van der Waals surface area contributed by atoms with Crippen LogP contribution >= 0.6 is 11.8 Å². The molecule has 0 aliphatic heterocycles. The summed E-state index contributed by atoms with van der Waals surface area (Å²) >= 11 is 1.98. The Morgan fingerprint density at radius 2 is 1.93 bits per heavy atom. The minimum Gasteiger partial charge on any atom is -0.398 e. The number of nitrogens with two attached hydrogens (primary N) is 1. The van der Waals surface area contributed by atoms with Crippen molar-refractivity contribution in [3.05, 3.63) is 23.8 Å². The maximum atomic E-state index is 6.08. The summed E-state index contributed by atoms with van der Waals surface area (Å²) in [7, 11) is 0. The molecule has 0 radical (unpaired) electrons. The third-order valence-corrected chi connectivity index (χ3v) is 4.54. The Morgan fingerprint density at radius 3 is 2.67 bits per heavy atom. The number of hydrogen-bond donors (Lipinski definition) is 1. The smallest absolute Gasteiger partial charge is 0.0482 e. The maximum Gasteiger partial charge on any atom is 0.0482 e. The van der Waals surface area contributed by atoms with Crippen molar-refractivity contribution in [1.29, 1.82) is 0 Å². The maximum absolute atomic E-state index is 6.08. The molecule has 1 aromatic carbocycles. The average Bonchev–Trinajstić information content (AvgIpc) is 2.26. The zero-order valence-electron chi connectivity index (χ0n) is 9.33. The predicted molar refractivity (Wildman–Crippen MR) is 68.3 cm³/mol. The summed E-state index contributed by atoms with van der Waals surface area (Å²) in [6.45, 7) is 2.08. The Labute approximate surface area is 96.4 Å². The van der Waals surface area contributed by atoms with Gasteiger partial charge in [-0.25, -0.2) is 0 Å². The van der Waals surface area contributed by atoms with E-state index in [0.717, 1.165) is 10.9 Å². The minimum absolute atomic E-state index is 0.794. The molecule has 1 nitrogen and oxygen atoms in total.